The molecule has 0 bridgehead atoms. The van der Waals surface area contributed by atoms with Crippen LogP contribution >= 0.6 is 0 Å². The number of quaternary nitrogens is 1. The first-order valence-electron chi connectivity index (χ1n) is 8.67. The fourth-order valence-corrected chi connectivity index (χ4v) is 2.59. The summed E-state index contributed by atoms with van der Waals surface area (Å²) in [5.74, 6) is -0.304. The Bertz CT molecular complexity index is 620. The van der Waals surface area contributed by atoms with Crippen LogP contribution in [-0.4, -0.2) is 31.4 Å². The Morgan fingerprint density at radius 1 is 0.880 bits per heavy atom. The van der Waals surface area contributed by atoms with Crippen LogP contribution in [0.4, 0.5) is 0 Å². The SMILES string of the molecule is CCCNC(=O)CNC(=O)C[NH2+]C(c1ccccc1)c1ccccc1. The summed E-state index contributed by atoms with van der Waals surface area (Å²) in [5, 5.41) is 7.40. The van der Waals surface area contributed by atoms with Gasteiger partial charge in [0.05, 0.1) is 6.54 Å². The molecule has 0 aliphatic carbocycles. The molecule has 0 unspecified atom stereocenters. The molecule has 0 fully saturated rings. The summed E-state index contributed by atoms with van der Waals surface area (Å²) in [4.78, 5) is 23.6. The lowest BCUT2D eigenvalue weighted by atomic mass is 9.99. The van der Waals surface area contributed by atoms with Gasteiger partial charge in [-0.15, -0.1) is 0 Å². The molecule has 0 radical (unpaired) electrons. The summed E-state index contributed by atoms with van der Waals surface area (Å²) in [6.45, 7) is 2.90. The molecule has 0 saturated heterocycles. The van der Waals surface area contributed by atoms with E-state index in [0.29, 0.717) is 6.54 Å². The minimum Gasteiger partial charge on any atom is -0.355 e. The number of amides is 2. The highest BCUT2D eigenvalue weighted by Crippen LogP contribution is 2.17. The van der Waals surface area contributed by atoms with Crippen molar-refractivity contribution in [1.29, 1.82) is 0 Å². The van der Waals surface area contributed by atoms with Gasteiger partial charge in [-0.25, -0.2) is 0 Å². The van der Waals surface area contributed by atoms with E-state index in [1.807, 2.05) is 48.6 Å². The van der Waals surface area contributed by atoms with Crippen LogP contribution in [0.2, 0.25) is 0 Å². The Morgan fingerprint density at radius 3 is 1.96 bits per heavy atom. The van der Waals surface area contributed by atoms with Crippen molar-refractivity contribution in [2.24, 2.45) is 0 Å². The minimum absolute atomic E-state index is 0.0218. The van der Waals surface area contributed by atoms with Crippen molar-refractivity contribution in [2.75, 3.05) is 19.6 Å². The van der Waals surface area contributed by atoms with Crippen molar-refractivity contribution in [1.82, 2.24) is 10.6 Å². The van der Waals surface area contributed by atoms with E-state index in [0.717, 1.165) is 17.5 Å². The highest BCUT2D eigenvalue weighted by molar-refractivity contribution is 5.84. The third kappa shape index (κ3) is 6.39. The molecule has 5 heteroatoms. The monoisotopic (exact) mass is 340 g/mol. The molecule has 0 spiro atoms. The summed E-state index contributed by atoms with van der Waals surface area (Å²) >= 11 is 0. The molecule has 0 heterocycles. The van der Waals surface area contributed by atoms with Crippen LogP contribution in [0.3, 0.4) is 0 Å². The first-order valence-corrected chi connectivity index (χ1v) is 8.67. The van der Waals surface area contributed by atoms with Gasteiger partial charge in [-0.1, -0.05) is 67.6 Å². The number of rotatable bonds is 9. The average Bonchev–Trinajstić information content (AvgIpc) is 2.66. The van der Waals surface area contributed by atoms with E-state index in [1.165, 1.54) is 0 Å². The molecular formula is C20H26N3O2+. The maximum Gasteiger partial charge on any atom is 0.275 e. The molecule has 0 atom stereocenters. The van der Waals surface area contributed by atoms with Gasteiger partial charge in [0, 0.05) is 17.7 Å². The molecule has 132 valence electrons. The van der Waals surface area contributed by atoms with Gasteiger partial charge in [0.25, 0.3) is 5.91 Å². The van der Waals surface area contributed by atoms with Crippen molar-refractivity contribution >= 4 is 11.8 Å². The Labute approximate surface area is 148 Å². The number of hydrogen-bond acceptors (Lipinski definition) is 2. The molecule has 2 aromatic carbocycles. The fraction of sp³-hybridized carbons (Fsp3) is 0.300. The summed E-state index contributed by atoms with van der Waals surface area (Å²) < 4.78 is 0. The summed E-state index contributed by atoms with van der Waals surface area (Å²) in [6, 6.07) is 20.2. The molecule has 0 aliphatic rings. The molecule has 2 rings (SSSR count). The van der Waals surface area contributed by atoms with Crippen LogP contribution in [-0.2, 0) is 9.59 Å². The minimum atomic E-state index is -0.155. The standard InChI is InChI=1S/C20H25N3O2/c1-2-13-21-18(24)14-22-19(25)15-23-20(16-9-5-3-6-10-16)17-11-7-4-8-12-17/h3-12,20,23H,2,13-15H2,1H3,(H,21,24)(H,22,25)/p+1. The van der Waals surface area contributed by atoms with Crippen molar-refractivity contribution in [3.63, 3.8) is 0 Å². The predicted octanol–water partition coefficient (Wildman–Crippen LogP) is 0.982. The number of benzene rings is 2. The van der Waals surface area contributed by atoms with E-state index in [1.54, 1.807) is 0 Å². The zero-order valence-electron chi connectivity index (χ0n) is 14.6. The summed E-state index contributed by atoms with van der Waals surface area (Å²) in [6.07, 6.45) is 0.878. The van der Waals surface area contributed by atoms with Gasteiger partial charge >= 0.3 is 0 Å². The second-order valence-electron chi connectivity index (χ2n) is 5.87. The zero-order chi connectivity index (χ0) is 17.9. The highest BCUT2D eigenvalue weighted by atomic mass is 16.2. The van der Waals surface area contributed by atoms with Crippen molar-refractivity contribution < 1.29 is 14.9 Å². The molecule has 0 aromatic heterocycles. The van der Waals surface area contributed by atoms with Crippen LogP contribution in [0.15, 0.2) is 60.7 Å². The molecule has 25 heavy (non-hydrogen) atoms. The molecule has 2 amide bonds. The third-order valence-corrected chi connectivity index (χ3v) is 3.87. The number of hydrogen-bond donors (Lipinski definition) is 3. The lowest BCUT2D eigenvalue weighted by Crippen LogP contribution is -2.87. The van der Waals surface area contributed by atoms with E-state index >= 15 is 0 Å². The average molecular weight is 340 g/mol. The second-order valence-corrected chi connectivity index (χ2v) is 5.87. The van der Waals surface area contributed by atoms with E-state index < -0.39 is 0 Å². The number of carbonyl (C=O) groups is 2. The first kappa shape index (κ1) is 18.7. The largest absolute Gasteiger partial charge is 0.355 e. The lowest BCUT2D eigenvalue weighted by molar-refractivity contribution is -0.676. The Hall–Kier alpha value is -2.66. The molecule has 4 N–H and O–H groups in total. The molecule has 5 nitrogen and oxygen atoms in total. The van der Waals surface area contributed by atoms with Crippen molar-refractivity contribution in [3.05, 3.63) is 71.8 Å². The topological polar surface area (TPSA) is 74.8 Å². The molecular weight excluding hydrogens is 314 g/mol. The Balaban J connectivity index is 1.92. The van der Waals surface area contributed by atoms with Crippen LogP contribution in [0.1, 0.15) is 30.5 Å². The fourth-order valence-electron chi connectivity index (χ4n) is 2.59. The molecule has 0 saturated carbocycles. The third-order valence-electron chi connectivity index (χ3n) is 3.87. The van der Waals surface area contributed by atoms with Gasteiger partial charge in [0.2, 0.25) is 5.91 Å². The number of nitrogens with one attached hydrogen (secondary N) is 2. The van der Waals surface area contributed by atoms with Crippen LogP contribution in [0.5, 0.6) is 0 Å². The van der Waals surface area contributed by atoms with E-state index in [2.05, 4.69) is 34.9 Å². The van der Waals surface area contributed by atoms with Gasteiger partial charge in [-0.3, -0.25) is 9.59 Å². The predicted molar refractivity (Wildman–Crippen MR) is 97.8 cm³/mol. The lowest BCUT2D eigenvalue weighted by Gasteiger charge is -2.16. The molecule has 2 aromatic rings. The maximum atomic E-state index is 12.1. The second kappa shape index (κ2) is 10.3. The van der Waals surface area contributed by atoms with Gasteiger partial charge in [0.1, 0.15) is 6.04 Å². The van der Waals surface area contributed by atoms with Crippen LogP contribution in [0.25, 0.3) is 0 Å². The molecule has 0 aliphatic heterocycles. The van der Waals surface area contributed by atoms with E-state index in [-0.39, 0.29) is 30.9 Å². The smallest absolute Gasteiger partial charge is 0.275 e. The van der Waals surface area contributed by atoms with Crippen molar-refractivity contribution in [3.8, 4) is 0 Å². The van der Waals surface area contributed by atoms with E-state index in [9.17, 15) is 9.59 Å². The quantitative estimate of drug-likeness (QED) is 0.637. The maximum absolute atomic E-state index is 12.1. The Kier molecular flexibility index (Phi) is 7.66. The van der Waals surface area contributed by atoms with Gasteiger partial charge in [-0.2, -0.15) is 0 Å². The van der Waals surface area contributed by atoms with Crippen LogP contribution < -0.4 is 16.0 Å². The van der Waals surface area contributed by atoms with E-state index in [4.69, 9.17) is 0 Å². The van der Waals surface area contributed by atoms with Gasteiger partial charge < -0.3 is 16.0 Å². The Morgan fingerprint density at radius 2 is 1.44 bits per heavy atom. The number of carbonyl (C=O) groups excluding carboxylic acids is 2. The van der Waals surface area contributed by atoms with Crippen LogP contribution in [0, 0.1) is 0 Å². The number of nitrogens with two attached hydrogens (primary N) is 1. The normalized spacial score (nSPS) is 10.5. The summed E-state index contributed by atoms with van der Waals surface area (Å²) in [7, 11) is 0. The summed E-state index contributed by atoms with van der Waals surface area (Å²) in [5.41, 5.74) is 2.28. The van der Waals surface area contributed by atoms with Crippen molar-refractivity contribution in [2.45, 2.75) is 19.4 Å². The zero-order valence-corrected chi connectivity index (χ0v) is 14.6. The highest BCUT2D eigenvalue weighted by Gasteiger charge is 2.18. The first-order chi connectivity index (χ1) is 12.2. The van der Waals surface area contributed by atoms with Gasteiger partial charge in [-0.05, 0) is 6.42 Å². The van der Waals surface area contributed by atoms with Gasteiger partial charge in [0.15, 0.2) is 6.54 Å².